The Balaban J connectivity index is 1.32. The molecule has 0 spiro atoms. The van der Waals surface area contributed by atoms with E-state index in [0.717, 1.165) is 17.4 Å². The van der Waals surface area contributed by atoms with Crippen LogP contribution >= 0.6 is 0 Å². The first-order valence-electron chi connectivity index (χ1n) is 9.09. The normalized spacial score (nSPS) is 33.6. The van der Waals surface area contributed by atoms with Gasteiger partial charge >= 0.3 is 0 Å². The van der Waals surface area contributed by atoms with Crippen LogP contribution < -0.4 is 5.32 Å². The Bertz CT molecular complexity index is 724. The fourth-order valence-electron chi connectivity index (χ4n) is 5.51. The summed E-state index contributed by atoms with van der Waals surface area (Å²) in [5.41, 5.74) is 1.33. The smallest absolute Gasteiger partial charge is 0.273 e. The highest BCUT2D eigenvalue weighted by Gasteiger charge is 2.48. The van der Waals surface area contributed by atoms with Crippen molar-refractivity contribution in [1.82, 2.24) is 10.5 Å². The lowest BCUT2D eigenvalue weighted by molar-refractivity contribution is -0.0120. The highest BCUT2D eigenvalue weighted by molar-refractivity contribution is 5.93. The highest BCUT2D eigenvalue weighted by atomic mass is 16.5. The van der Waals surface area contributed by atoms with Crippen LogP contribution in [0.1, 0.15) is 42.6 Å². The van der Waals surface area contributed by atoms with E-state index in [1.165, 1.54) is 32.1 Å². The number of hydrogen-bond donors (Lipinski definition) is 1. The summed E-state index contributed by atoms with van der Waals surface area (Å²) in [6.45, 7) is 0. The fourth-order valence-corrected chi connectivity index (χ4v) is 5.51. The monoisotopic (exact) mass is 322 g/mol. The summed E-state index contributed by atoms with van der Waals surface area (Å²) < 4.78 is 5.37. The van der Waals surface area contributed by atoms with Gasteiger partial charge in [-0.15, -0.1) is 0 Å². The Morgan fingerprint density at radius 1 is 1.00 bits per heavy atom. The first-order chi connectivity index (χ1) is 11.8. The molecular weight excluding hydrogens is 300 g/mol. The van der Waals surface area contributed by atoms with E-state index in [9.17, 15) is 4.79 Å². The molecule has 1 amide bonds. The lowest BCUT2D eigenvalue weighted by Gasteiger charge is -2.54. The SMILES string of the molecule is O=C(NC1C2CC3CC(C2)CC1C3)c1cc(-c2ccccc2)on1. The van der Waals surface area contributed by atoms with Crippen molar-refractivity contribution in [2.45, 2.75) is 38.1 Å². The van der Waals surface area contributed by atoms with E-state index in [2.05, 4.69) is 10.5 Å². The average Bonchev–Trinajstić information content (AvgIpc) is 3.08. The zero-order chi connectivity index (χ0) is 16.1. The summed E-state index contributed by atoms with van der Waals surface area (Å²) in [5, 5.41) is 7.27. The molecule has 4 aliphatic rings. The van der Waals surface area contributed by atoms with Crippen molar-refractivity contribution in [2.75, 3.05) is 0 Å². The van der Waals surface area contributed by atoms with Crippen LogP contribution in [0.15, 0.2) is 40.9 Å². The van der Waals surface area contributed by atoms with Crippen molar-refractivity contribution in [1.29, 1.82) is 0 Å². The number of carbonyl (C=O) groups is 1. The third-order valence-electron chi connectivity index (χ3n) is 6.33. The molecule has 0 aliphatic heterocycles. The maximum atomic E-state index is 12.6. The molecule has 4 fully saturated rings. The van der Waals surface area contributed by atoms with Gasteiger partial charge in [-0.2, -0.15) is 0 Å². The number of nitrogens with one attached hydrogen (secondary N) is 1. The Kier molecular flexibility index (Phi) is 3.25. The van der Waals surface area contributed by atoms with E-state index >= 15 is 0 Å². The van der Waals surface area contributed by atoms with Crippen molar-refractivity contribution in [3.05, 3.63) is 42.1 Å². The molecule has 4 aliphatic carbocycles. The number of nitrogens with zero attached hydrogens (tertiary/aromatic N) is 1. The van der Waals surface area contributed by atoms with Crippen LogP contribution in [0.2, 0.25) is 0 Å². The number of amides is 1. The van der Waals surface area contributed by atoms with E-state index in [-0.39, 0.29) is 5.91 Å². The van der Waals surface area contributed by atoms with Gasteiger partial charge in [0.15, 0.2) is 11.5 Å². The third kappa shape index (κ3) is 2.36. The minimum Gasteiger partial charge on any atom is -0.355 e. The predicted octanol–water partition coefficient (Wildman–Crippen LogP) is 3.90. The lowest BCUT2D eigenvalue weighted by atomic mass is 9.54. The molecule has 4 nitrogen and oxygen atoms in total. The first kappa shape index (κ1) is 14.3. The number of benzene rings is 1. The van der Waals surface area contributed by atoms with Crippen LogP contribution in [0, 0.1) is 23.7 Å². The average molecular weight is 322 g/mol. The Morgan fingerprint density at radius 3 is 2.33 bits per heavy atom. The molecule has 2 aromatic rings. The molecule has 124 valence electrons. The zero-order valence-corrected chi connectivity index (χ0v) is 13.7. The van der Waals surface area contributed by atoms with Gasteiger partial charge < -0.3 is 9.84 Å². The maximum Gasteiger partial charge on any atom is 0.273 e. The van der Waals surface area contributed by atoms with Crippen LogP contribution in [0.3, 0.4) is 0 Å². The van der Waals surface area contributed by atoms with Gasteiger partial charge in [0.05, 0.1) is 0 Å². The van der Waals surface area contributed by atoms with Crippen LogP contribution in [0.25, 0.3) is 11.3 Å². The Hall–Kier alpha value is -2.10. The van der Waals surface area contributed by atoms with Crippen molar-refractivity contribution in [3.63, 3.8) is 0 Å². The molecule has 1 aromatic carbocycles. The minimum absolute atomic E-state index is 0.0848. The van der Waals surface area contributed by atoms with Gasteiger partial charge in [-0.05, 0) is 55.8 Å². The standard InChI is InChI=1S/C20H22N2O2/c23-20(17-11-18(24-22-17)14-4-2-1-3-5-14)21-19-15-7-12-6-13(9-15)10-16(19)8-12/h1-5,11-13,15-16,19H,6-10H2,(H,21,23). The molecule has 6 rings (SSSR count). The van der Waals surface area contributed by atoms with Crippen LogP contribution in [-0.4, -0.2) is 17.1 Å². The molecule has 4 bridgehead atoms. The molecule has 1 heterocycles. The largest absolute Gasteiger partial charge is 0.355 e. The quantitative estimate of drug-likeness (QED) is 0.932. The zero-order valence-electron chi connectivity index (χ0n) is 13.7. The van der Waals surface area contributed by atoms with Crippen LogP contribution in [0.4, 0.5) is 0 Å². The topological polar surface area (TPSA) is 55.1 Å². The minimum atomic E-state index is -0.0848. The van der Waals surface area contributed by atoms with Crippen molar-refractivity contribution in [2.24, 2.45) is 23.7 Å². The first-order valence-corrected chi connectivity index (χ1v) is 9.09. The highest BCUT2D eigenvalue weighted by Crippen LogP contribution is 2.53. The number of hydrogen-bond acceptors (Lipinski definition) is 3. The van der Waals surface area contributed by atoms with E-state index in [0.29, 0.717) is 29.3 Å². The van der Waals surface area contributed by atoms with E-state index < -0.39 is 0 Å². The fraction of sp³-hybridized carbons (Fsp3) is 0.500. The van der Waals surface area contributed by atoms with Gasteiger partial charge in [-0.25, -0.2) is 0 Å². The second kappa shape index (κ2) is 5.47. The molecule has 24 heavy (non-hydrogen) atoms. The third-order valence-corrected chi connectivity index (χ3v) is 6.33. The second-order valence-corrected chi connectivity index (χ2v) is 7.87. The Morgan fingerprint density at radius 2 is 1.67 bits per heavy atom. The summed E-state index contributed by atoms with van der Waals surface area (Å²) in [4.78, 5) is 12.6. The van der Waals surface area contributed by atoms with E-state index in [4.69, 9.17) is 4.52 Å². The summed E-state index contributed by atoms with van der Waals surface area (Å²) in [6, 6.07) is 11.9. The lowest BCUT2D eigenvalue weighted by Crippen LogP contribution is -2.55. The van der Waals surface area contributed by atoms with Crippen LogP contribution in [0.5, 0.6) is 0 Å². The predicted molar refractivity (Wildman–Crippen MR) is 90.2 cm³/mol. The van der Waals surface area contributed by atoms with Gasteiger partial charge in [0.2, 0.25) is 0 Å². The molecule has 1 N–H and O–H groups in total. The molecule has 4 saturated carbocycles. The molecule has 0 unspecified atom stereocenters. The molecule has 0 radical (unpaired) electrons. The molecular formula is C20H22N2O2. The van der Waals surface area contributed by atoms with Crippen molar-refractivity contribution >= 4 is 5.91 Å². The molecule has 0 atom stereocenters. The summed E-state index contributed by atoms with van der Waals surface area (Å²) in [6.07, 6.45) is 6.62. The summed E-state index contributed by atoms with van der Waals surface area (Å²) >= 11 is 0. The van der Waals surface area contributed by atoms with E-state index in [1.807, 2.05) is 30.3 Å². The molecule has 0 saturated heterocycles. The van der Waals surface area contributed by atoms with Crippen molar-refractivity contribution < 1.29 is 9.32 Å². The van der Waals surface area contributed by atoms with Crippen molar-refractivity contribution in [3.8, 4) is 11.3 Å². The maximum absolute atomic E-state index is 12.6. The van der Waals surface area contributed by atoms with Gasteiger partial charge in [0, 0.05) is 17.7 Å². The number of carbonyl (C=O) groups excluding carboxylic acids is 1. The number of aromatic nitrogens is 1. The van der Waals surface area contributed by atoms with Gasteiger partial charge in [0.1, 0.15) is 0 Å². The summed E-state index contributed by atoms with van der Waals surface area (Å²) in [5.74, 6) is 3.73. The molecule has 1 aromatic heterocycles. The van der Waals surface area contributed by atoms with Gasteiger partial charge in [-0.1, -0.05) is 35.5 Å². The second-order valence-electron chi connectivity index (χ2n) is 7.87. The van der Waals surface area contributed by atoms with E-state index in [1.54, 1.807) is 6.07 Å². The van der Waals surface area contributed by atoms with Crippen LogP contribution in [-0.2, 0) is 0 Å². The van der Waals surface area contributed by atoms with Gasteiger partial charge in [0.25, 0.3) is 5.91 Å². The number of rotatable bonds is 3. The Labute approximate surface area is 141 Å². The van der Waals surface area contributed by atoms with Gasteiger partial charge in [-0.3, -0.25) is 4.79 Å². The summed E-state index contributed by atoms with van der Waals surface area (Å²) in [7, 11) is 0. The molecule has 4 heteroatoms.